The van der Waals surface area contributed by atoms with E-state index >= 15 is 0 Å². The van der Waals surface area contributed by atoms with Gasteiger partial charge in [-0.15, -0.1) is 0 Å². The van der Waals surface area contributed by atoms with Crippen LogP contribution in [0, 0.1) is 6.92 Å². The number of rotatable bonds is 5. The predicted octanol–water partition coefficient (Wildman–Crippen LogP) is 5.48. The molecule has 0 aliphatic carbocycles. The standard InChI is InChI=1S/C25H22N2O3/c1-16-8-13-24(30-3)23(14-16)27-25(28)20-15-22(17-9-11-18(29-2)12-10-17)26-21-7-5-4-6-19(20)21/h4-15H,1-3H3,(H,27,28). The van der Waals surface area contributed by atoms with Crippen LogP contribution in [0.3, 0.4) is 0 Å². The number of benzene rings is 3. The third kappa shape index (κ3) is 3.82. The first-order chi connectivity index (χ1) is 14.6. The summed E-state index contributed by atoms with van der Waals surface area (Å²) in [5, 5.41) is 3.79. The summed E-state index contributed by atoms with van der Waals surface area (Å²) in [6, 6.07) is 22.8. The van der Waals surface area contributed by atoms with Gasteiger partial charge in [-0.05, 0) is 61.0 Å². The number of nitrogens with zero attached hydrogens (tertiary/aromatic N) is 1. The Morgan fingerprint density at radius 3 is 2.40 bits per heavy atom. The van der Waals surface area contributed by atoms with E-state index in [-0.39, 0.29) is 5.91 Å². The van der Waals surface area contributed by atoms with Gasteiger partial charge in [0.05, 0.1) is 36.7 Å². The minimum atomic E-state index is -0.215. The number of fused-ring (bicyclic) bond motifs is 1. The summed E-state index contributed by atoms with van der Waals surface area (Å²) in [4.78, 5) is 18.0. The molecule has 0 radical (unpaired) electrons. The molecule has 30 heavy (non-hydrogen) atoms. The van der Waals surface area contributed by atoms with Gasteiger partial charge >= 0.3 is 0 Å². The lowest BCUT2D eigenvalue weighted by molar-refractivity contribution is 0.102. The Labute approximate surface area is 175 Å². The normalized spacial score (nSPS) is 10.6. The van der Waals surface area contributed by atoms with Crippen molar-refractivity contribution in [2.45, 2.75) is 6.92 Å². The molecule has 5 nitrogen and oxygen atoms in total. The number of anilines is 1. The van der Waals surface area contributed by atoms with Crippen LogP contribution in [0.4, 0.5) is 5.69 Å². The van der Waals surface area contributed by atoms with E-state index in [0.717, 1.165) is 33.5 Å². The molecule has 0 aliphatic heterocycles. The van der Waals surface area contributed by atoms with E-state index in [1.165, 1.54) is 0 Å². The van der Waals surface area contributed by atoms with Gasteiger partial charge in [-0.25, -0.2) is 4.98 Å². The Bertz CT molecular complexity index is 1220. The van der Waals surface area contributed by atoms with Gasteiger partial charge in [0.25, 0.3) is 5.91 Å². The number of aryl methyl sites for hydroxylation is 1. The molecule has 0 bridgehead atoms. The van der Waals surface area contributed by atoms with Crippen LogP contribution < -0.4 is 14.8 Å². The minimum absolute atomic E-state index is 0.215. The lowest BCUT2D eigenvalue weighted by atomic mass is 10.0. The average Bonchev–Trinajstić information content (AvgIpc) is 2.78. The highest BCUT2D eigenvalue weighted by molar-refractivity contribution is 6.13. The Balaban J connectivity index is 1.79. The highest BCUT2D eigenvalue weighted by atomic mass is 16.5. The van der Waals surface area contributed by atoms with Crippen molar-refractivity contribution >= 4 is 22.5 Å². The monoisotopic (exact) mass is 398 g/mol. The van der Waals surface area contributed by atoms with Crippen molar-refractivity contribution in [2.24, 2.45) is 0 Å². The van der Waals surface area contributed by atoms with Crippen LogP contribution in [0.5, 0.6) is 11.5 Å². The van der Waals surface area contributed by atoms with E-state index < -0.39 is 0 Å². The van der Waals surface area contributed by atoms with Crippen molar-refractivity contribution in [3.8, 4) is 22.8 Å². The van der Waals surface area contributed by atoms with Gasteiger partial charge in [0.15, 0.2) is 0 Å². The predicted molar refractivity (Wildman–Crippen MR) is 119 cm³/mol. The molecular weight excluding hydrogens is 376 g/mol. The highest BCUT2D eigenvalue weighted by Crippen LogP contribution is 2.29. The Hall–Kier alpha value is -3.86. The number of hydrogen-bond acceptors (Lipinski definition) is 4. The molecule has 0 saturated carbocycles. The van der Waals surface area contributed by atoms with Gasteiger partial charge in [0.1, 0.15) is 11.5 Å². The quantitative estimate of drug-likeness (QED) is 0.484. The molecule has 0 atom stereocenters. The van der Waals surface area contributed by atoms with E-state index in [4.69, 9.17) is 14.5 Å². The number of carbonyl (C=O) groups is 1. The Morgan fingerprint density at radius 2 is 1.67 bits per heavy atom. The maximum atomic E-state index is 13.3. The van der Waals surface area contributed by atoms with Crippen LogP contribution >= 0.6 is 0 Å². The van der Waals surface area contributed by atoms with Crippen molar-refractivity contribution in [3.63, 3.8) is 0 Å². The Morgan fingerprint density at radius 1 is 0.900 bits per heavy atom. The lowest BCUT2D eigenvalue weighted by Gasteiger charge is -2.13. The summed E-state index contributed by atoms with van der Waals surface area (Å²) >= 11 is 0. The van der Waals surface area contributed by atoms with Crippen LogP contribution in [0.2, 0.25) is 0 Å². The molecule has 0 unspecified atom stereocenters. The second kappa shape index (κ2) is 8.25. The summed E-state index contributed by atoms with van der Waals surface area (Å²) in [7, 11) is 3.22. The fourth-order valence-electron chi connectivity index (χ4n) is 3.38. The summed E-state index contributed by atoms with van der Waals surface area (Å²) in [6.45, 7) is 1.97. The summed E-state index contributed by atoms with van der Waals surface area (Å²) in [5.41, 5.74) is 4.60. The first-order valence-corrected chi connectivity index (χ1v) is 9.59. The Kier molecular flexibility index (Phi) is 5.35. The first-order valence-electron chi connectivity index (χ1n) is 9.59. The molecule has 0 spiro atoms. The average molecular weight is 398 g/mol. The van der Waals surface area contributed by atoms with Crippen molar-refractivity contribution in [1.29, 1.82) is 0 Å². The minimum Gasteiger partial charge on any atom is -0.497 e. The van der Waals surface area contributed by atoms with E-state index in [0.29, 0.717) is 17.0 Å². The number of amides is 1. The summed E-state index contributed by atoms with van der Waals surface area (Å²) in [6.07, 6.45) is 0. The molecule has 150 valence electrons. The highest BCUT2D eigenvalue weighted by Gasteiger charge is 2.16. The van der Waals surface area contributed by atoms with Crippen LogP contribution in [0.1, 0.15) is 15.9 Å². The molecule has 0 aliphatic rings. The molecule has 1 N–H and O–H groups in total. The first kappa shape index (κ1) is 19.5. The molecule has 4 aromatic rings. The molecule has 1 heterocycles. The third-order valence-corrected chi connectivity index (χ3v) is 4.95. The van der Waals surface area contributed by atoms with Crippen LogP contribution in [0.25, 0.3) is 22.2 Å². The largest absolute Gasteiger partial charge is 0.497 e. The van der Waals surface area contributed by atoms with Gasteiger partial charge < -0.3 is 14.8 Å². The smallest absolute Gasteiger partial charge is 0.256 e. The zero-order chi connectivity index (χ0) is 21.1. The molecule has 3 aromatic carbocycles. The van der Waals surface area contributed by atoms with E-state index in [1.807, 2.05) is 79.7 Å². The number of pyridine rings is 1. The summed E-state index contributed by atoms with van der Waals surface area (Å²) < 4.78 is 10.6. The maximum Gasteiger partial charge on any atom is 0.256 e. The number of methoxy groups -OCH3 is 2. The van der Waals surface area contributed by atoms with E-state index in [9.17, 15) is 4.79 Å². The number of hydrogen-bond donors (Lipinski definition) is 1. The number of aromatic nitrogens is 1. The van der Waals surface area contributed by atoms with Gasteiger partial charge in [0.2, 0.25) is 0 Å². The molecule has 5 heteroatoms. The van der Waals surface area contributed by atoms with Crippen LogP contribution in [-0.2, 0) is 0 Å². The second-order valence-electron chi connectivity index (χ2n) is 6.96. The van der Waals surface area contributed by atoms with Crippen molar-refractivity contribution in [1.82, 2.24) is 4.98 Å². The maximum absolute atomic E-state index is 13.3. The van der Waals surface area contributed by atoms with E-state index in [1.54, 1.807) is 14.2 Å². The number of nitrogens with one attached hydrogen (secondary N) is 1. The molecule has 0 saturated heterocycles. The van der Waals surface area contributed by atoms with E-state index in [2.05, 4.69) is 5.32 Å². The third-order valence-electron chi connectivity index (χ3n) is 4.95. The number of carbonyl (C=O) groups excluding carboxylic acids is 1. The summed E-state index contributed by atoms with van der Waals surface area (Å²) in [5.74, 6) is 1.17. The SMILES string of the molecule is COc1ccc(-c2cc(C(=O)Nc3cc(C)ccc3OC)c3ccccc3n2)cc1. The van der Waals surface area contributed by atoms with Gasteiger partial charge in [0, 0.05) is 10.9 Å². The number of ether oxygens (including phenoxy) is 2. The zero-order valence-corrected chi connectivity index (χ0v) is 17.1. The molecular formula is C25H22N2O3. The van der Waals surface area contributed by atoms with Gasteiger partial charge in [-0.3, -0.25) is 4.79 Å². The van der Waals surface area contributed by atoms with Crippen LogP contribution in [0.15, 0.2) is 72.8 Å². The molecule has 1 aromatic heterocycles. The van der Waals surface area contributed by atoms with Crippen molar-refractivity contribution < 1.29 is 14.3 Å². The van der Waals surface area contributed by atoms with Crippen LogP contribution in [-0.4, -0.2) is 25.1 Å². The lowest BCUT2D eigenvalue weighted by Crippen LogP contribution is -2.14. The molecule has 4 rings (SSSR count). The van der Waals surface area contributed by atoms with Gasteiger partial charge in [-0.1, -0.05) is 24.3 Å². The molecule has 1 amide bonds. The topological polar surface area (TPSA) is 60.5 Å². The fraction of sp³-hybridized carbons (Fsp3) is 0.120. The van der Waals surface area contributed by atoms with Crippen molar-refractivity contribution in [2.75, 3.05) is 19.5 Å². The molecule has 0 fully saturated rings. The van der Waals surface area contributed by atoms with Crippen molar-refractivity contribution in [3.05, 3.63) is 83.9 Å². The zero-order valence-electron chi connectivity index (χ0n) is 17.1. The fourth-order valence-corrected chi connectivity index (χ4v) is 3.38. The number of para-hydroxylation sites is 1. The van der Waals surface area contributed by atoms with Gasteiger partial charge in [-0.2, -0.15) is 0 Å². The second-order valence-corrected chi connectivity index (χ2v) is 6.96.